The van der Waals surface area contributed by atoms with Crippen LogP contribution >= 0.6 is 12.2 Å². The van der Waals surface area contributed by atoms with Crippen LogP contribution < -0.4 is 0 Å². The predicted octanol–water partition coefficient (Wildman–Crippen LogP) is 4.86. The number of nitrogens with zero attached hydrogens (tertiary/aromatic N) is 1. The number of hydrogen-bond donors (Lipinski definition) is 0. The highest BCUT2D eigenvalue weighted by molar-refractivity contribution is 7.71. The lowest BCUT2D eigenvalue weighted by molar-refractivity contribution is 0.775. The minimum Gasteiger partial charge on any atom is -0.335 e. The molecule has 0 amide bonds. The molecule has 0 bridgehead atoms. The average molecular weight is 291 g/mol. The summed E-state index contributed by atoms with van der Waals surface area (Å²) in [5.74, 6) is 0. The van der Waals surface area contributed by atoms with Crippen molar-refractivity contribution in [2.24, 2.45) is 0 Å². The molecule has 3 rings (SSSR count). The van der Waals surface area contributed by atoms with E-state index in [2.05, 4.69) is 71.4 Å². The van der Waals surface area contributed by atoms with Gasteiger partial charge in [0.25, 0.3) is 0 Å². The van der Waals surface area contributed by atoms with Crippen LogP contribution in [0.3, 0.4) is 0 Å². The number of rotatable bonds is 4. The summed E-state index contributed by atoms with van der Waals surface area (Å²) in [5, 5.41) is 0. The van der Waals surface area contributed by atoms with Crippen molar-refractivity contribution in [3.8, 4) is 0 Å². The molecule has 2 heteroatoms. The molecule has 2 aromatic carbocycles. The third-order valence-electron chi connectivity index (χ3n) is 3.51. The van der Waals surface area contributed by atoms with Gasteiger partial charge >= 0.3 is 0 Å². The van der Waals surface area contributed by atoms with Crippen molar-refractivity contribution < 1.29 is 0 Å². The van der Waals surface area contributed by atoms with Crippen LogP contribution in [0, 0.1) is 4.64 Å². The van der Waals surface area contributed by atoms with Crippen LogP contribution in [0.25, 0.3) is 0 Å². The standard InChI is InChI=1S/C19H17NS/c21-19-14-18(13-16-7-3-1-4-8-16)11-12-20(19)15-17-9-5-2-6-10-17/h1-12,14H,13,15H2. The average Bonchev–Trinajstić information content (AvgIpc) is 2.52. The summed E-state index contributed by atoms with van der Waals surface area (Å²) < 4.78 is 2.99. The molecule has 0 fully saturated rings. The van der Waals surface area contributed by atoms with Crippen molar-refractivity contribution in [1.82, 2.24) is 4.57 Å². The largest absolute Gasteiger partial charge is 0.335 e. The van der Waals surface area contributed by atoms with Gasteiger partial charge in [-0.2, -0.15) is 0 Å². The van der Waals surface area contributed by atoms with Crippen molar-refractivity contribution in [3.63, 3.8) is 0 Å². The maximum Gasteiger partial charge on any atom is 0.106 e. The van der Waals surface area contributed by atoms with Crippen molar-refractivity contribution in [3.05, 3.63) is 100 Å². The molecule has 0 aliphatic rings. The smallest absolute Gasteiger partial charge is 0.106 e. The van der Waals surface area contributed by atoms with Gasteiger partial charge in [-0.25, -0.2) is 0 Å². The summed E-state index contributed by atoms with van der Waals surface area (Å²) in [7, 11) is 0. The summed E-state index contributed by atoms with van der Waals surface area (Å²) in [5.41, 5.74) is 3.84. The van der Waals surface area contributed by atoms with E-state index >= 15 is 0 Å². The summed E-state index contributed by atoms with van der Waals surface area (Å²) >= 11 is 5.52. The molecule has 0 saturated carbocycles. The molecule has 104 valence electrons. The normalized spacial score (nSPS) is 10.5. The second-order valence-corrected chi connectivity index (χ2v) is 5.57. The zero-order chi connectivity index (χ0) is 14.5. The quantitative estimate of drug-likeness (QED) is 0.622. The fourth-order valence-electron chi connectivity index (χ4n) is 2.40. The Kier molecular flexibility index (Phi) is 4.27. The first kappa shape index (κ1) is 13.8. The molecule has 0 unspecified atom stereocenters. The topological polar surface area (TPSA) is 4.93 Å². The highest BCUT2D eigenvalue weighted by Gasteiger charge is 1.99. The van der Waals surface area contributed by atoms with E-state index in [0.717, 1.165) is 17.6 Å². The van der Waals surface area contributed by atoms with Gasteiger partial charge in [0.1, 0.15) is 4.64 Å². The Bertz CT molecular complexity index is 760. The lowest BCUT2D eigenvalue weighted by Gasteiger charge is -2.09. The van der Waals surface area contributed by atoms with Crippen molar-refractivity contribution in [1.29, 1.82) is 0 Å². The fraction of sp³-hybridized carbons (Fsp3) is 0.105. The van der Waals surface area contributed by atoms with E-state index in [1.807, 2.05) is 12.1 Å². The summed E-state index contributed by atoms with van der Waals surface area (Å²) in [6.07, 6.45) is 3.02. The third kappa shape index (κ3) is 3.67. The maximum atomic E-state index is 5.52. The molecule has 0 aliphatic heterocycles. The fourth-order valence-corrected chi connectivity index (χ4v) is 2.68. The molecular formula is C19H17NS. The molecule has 0 N–H and O–H groups in total. The molecule has 0 spiro atoms. The molecule has 1 heterocycles. The van der Waals surface area contributed by atoms with E-state index in [1.165, 1.54) is 16.7 Å². The molecule has 3 aromatic rings. The van der Waals surface area contributed by atoms with Gasteiger partial charge < -0.3 is 4.57 Å². The van der Waals surface area contributed by atoms with E-state index in [4.69, 9.17) is 12.2 Å². The SMILES string of the molecule is S=c1cc(Cc2ccccc2)ccn1Cc1ccccc1. The first-order valence-electron chi connectivity index (χ1n) is 7.08. The number of benzene rings is 2. The van der Waals surface area contributed by atoms with E-state index in [0.29, 0.717) is 0 Å². The van der Waals surface area contributed by atoms with Gasteiger partial charge in [-0.3, -0.25) is 0 Å². The summed E-state index contributed by atoms with van der Waals surface area (Å²) in [4.78, 5) is 0. The van der Waals surface area contributed by atoms with Gasteiger partial charge in [0, 0.05) is 12.7 Å². The molecular weight excluding hydrogens is 274 g/mol. The van der Waals surface area contributed by atoms with Crippen molar-refractivity contribution >= 4 is 12.2 Å². The van der Waals surface area contributed by atoms with Crippen LogP contribution in [0.1, 0.15) is 16.7 Å². The van der Waals surface area contributed by atoms with Gasteiger partial charge in [-0.05, 0) is 35.2 Å². The second kappa shape index (κ2) is 6.51. The Morgan fingerprint density at radius 3 is 1.95 bits per heavy atom. The van der Waals surface area contributed by atoms with E-state index in [9.17, 15) is 0 Å². The monoisotopic (exact) mass is 291 g/mol. The second-order valence-electron chi connectivity index (χ2n) is 5.15. The van der Waals surface area contributed by atoms with E-state index < -0.39 is 0 Å². The summed E-state index contributed by atoms with van der Waals surface area (Å²) in [6.45, 7) is 0.825. The lowest BCUT2D eigenvalue weighted by atomic mass is 10.1. The van der Waals surface area contributed by atoms with Crippen molar-refractivity contribution in [2.45, 2.75) is 13.0 Å². The number of aromatic nitrogens is 1. The van der Waals surface area contributed by atoms with Gasteiger partial charge in [0.2, 0.25) is 0 Å². The minimum absolute atomic E-state index is 0.825. The highest BCUT2D eigenvalue weighted by atomic mass is 32.1. The third-order valence-corrected chi connectivity index (χ3v) is 3.86. The molecule has 1 aromatic heterocycles. The first-order valence-corrected chi connectivity index (χ1v) is 7.49. The zero-order valence-electron chi connectivity index (χ0n) is 11.8. The molecule has 1 nitrogen and oxygen atoms in total. The zero-order valence-corrected chi connectivity index (χ0v) is 12.6. The molecule has 0 aliphatic carbocycles. The maximum absolute atomic E-state index is 5.52. The number of hydrogen-bond acceptors (Lipinski definition) is 1. The van der Waals surface area contributed by atoms with Crippen LogP contribution in [0.5, 0.6) is 0 Å². The van der Waals surface area contributed by atoms with Gasteiger partial charge in [-0.1, -0.05) is 72.9 Å². The Labute approximate surface area is 130 Å². The van der Waals surface area contributed by atoms with Crippen LogP contribution in [-0.4, -0.2) is 4.57 Å². The molecule has 0 radical (unpaired) electrons. The van der Waals surface area contributed by atoms with Crippen LogP contribution in [0.2, 0.25) is 0 Å². The Hall–Kier alpha value is -2.19. The minimum atomic E-state index is 0.825. The number of pyridine rings is 1. The van der Waals surface area contributed by atoms with Gasteiger partial charge in [0.05, 0.1) is 0 Å². The Balaban J connectivity index is 1.79. The van der Waals surface area contributed by atoms with E-state index in [-0.39, 0.29) is 0 Å². The molecule has 21 heavy (non-hydrogen) atoms. The van der Waals surface area contributed by atoms with Crippen molar-refractivity contribution in [2.75, 3.05) is 0 Å². The summed E-state index contributed by atoms with van der Waals surface area (Å²) in [6, 6.07) is 25.1. The molecule has 0 atom stereocenters. The van der Waals surface area contributed by atoms with Gasteiger partial charge in [-0.15, -0.1) is 0 Å². The lowest BCUT2D eigenvalue weighted by Crippen LogP contribution is -2.02. The van der Waals surface area contributed by atoms with Crippen LogP contribution in [-0.2, 0) is 13.0 Å². The van der Waals surface area contributed by atoms with E-state index in [1.54, 1.807) is 0 Å². The Morgan fingerprint density at radius 2 is 1.33 bits per heavy atom. The highest BCUT2D eigenvalue weighted by Crippen LogP contribution is 2.11. The first-order chi connectivity index (χ1) is 10.3. The molecule has 0 saturated heterocycles. The predicted molar refractivity (Wildman–Crippen MR) is 90.1 cm³/mol. The Morgan fingerprint density at radius 1 is 0.714 bits per heavy atom. The van der Waals surface area contributed by atoms with Gasteiger partial charge in [0.15, 0.2) is 0 Å². The van der Waals surface area contributed by atoms with Crippen LogP contribution in [0.4, 0.5) is 0 Å². The van der Waals surface area contributed by atoms with Crippen LogP contribution in [0.15, 0.2) is 79.0 Å².